The summed E-state index contributed by atoms with van der Waals surface area (Å²) in [6.07, 6.45) is 2.85. The van der Waals surface area contributed by atoms with Crippen LogP contribution in [0.5, 0.6) is 11.5 Å². The van der Waals surface area contributed by atoms with E-state index < -0.39 is 0 Å². The maximum atomic E-state index is 6.16. The van der Waals surface area contributed by atoms with Crippen LogP contribution in [0, 0.1) is 0 Å². The van der Waals surface area contributed by atoms with Gasteiger partial charge in [-0.3, -0.25) is 4.90 Å². The molecule has 0 radical (unpaired) electrons. The number of fused-ring (bicyclic) bond motifs is 4. The molecule has 0 N–H and O–H groups in total. The summed E-state index contributed by atoms with van der Waals surface area (Å²) in [7, 11) is 0. The maximum Gasteiger partial charge on any atom is 0.152 e. The van der Waals surface area contributed by atoms with Crippen LogP contribution in [0.3, 0.4) is 0 Å². The average molecular weight is 318 g/mol. The molecular formula is C19H14N2OS. The van der Waals surface area contributed by atoms with Gasteiger partial charge in [0.2, 0.25) is 0 Å². The number of hydrogen-bond acceptors (Lipinski definition) is 4. The molecular weight excluding hydrogens is 304 g/mol. The number of aromatic nitrogens is 1. The Morgan fingerprint density at radius 1 is 1.04 bits per heavy atom. The van der Waals surface area contributed by atoms with Crippen LogP contribution in [0.4, 0.5) is 17.2 Å². The second-order valence-corrected chi connectivity index (χ2v) is 6.71. The fraction of sp³-hybridized carbons (Fsp3) is 0.105. The van der Waals surface area contributed by atoms with Gasteiger partial charge in [-0.2, -0.15) is 0 Å². The minimum Gasteiger partial charge on any atom is -0.453 e. The van der Waals surface area contributed by atoms with E-state index in [1.165, 1.54) is 15.4 Å². The number of benzene rings is 2. The third-order valence-corrected chi connectivity index (χ3v) is 5.35. The predicted molar refractivity (Wildman–Crippen MR) is 92.5 cm³/mol. The summed E-state index contributed by atoms with van der Waals surface area (Å²) in [5.41, 5.74) is 3.47. The van der Waals surface area contributed by atoms with E-state index in [1.54, 1.807) is 11.8 Å². The number of ether oxygens (including phenoxy) is 1. The molecule has 2 aliphatic rings. The molecule has 4 heteroatoms. The van der Waals surface area contributed by atoms with Crippen molar-refractivity contribution in [2.45, 2.75) is 23.1 Å². The minimum atomic E-state index is 0.885. The topological polar surface area (TPSA) is 25.4 Å². The molecule has 5 rings (SSSR count). The van der Waals surface area contributed by atoms with Crippen LogP contribution in [0.2, 0.25) is 0 Å². The Labute approximate surface area is 138 Å². The van der Waals surface area contributed by atoms with E-state index in [2.05, 4.69) is 47.1 Å². The van der Waals surface area contributed by atoms with Crippen molar-refractivity contribution in [3.8, 4) is 11.5 Å². The molecule has 1 aromatic heterocycles. The third kappa shape index (κ3) is 1.82. The van der Waals surface area contributed by atoms with E-state index in [1.807, 2.05) is 24.4 Å². The molecule has 0 saturated heterocycles. The lowest BCUT2D eigenvalue weighted by molar-refractivity contribution is 0.474. The Kier molecular flexibility index (Phi) is 2.70. The number of nitrogens with zero attached hydrogens (tertiary/aromatic N) is 2. The van der Waals surface area contributed by atoms with Gasteiger partial charge in [-0.15, -0.1) is 0 Å². The van der Waals surface area contributed by atoms with E-state index in [9.17, 15) is 0 Å². The lowest BCUT2D eigenvalue weighted by Crippen LogP contribution is -2.20. The second-order valence-electron chi connectivity index (χ2n) is 5.62. The Balaban J connectivity index is 1.83. The first-order valence-corrected chi connectivity index (χ1v) is 8.53. The SMILES string of the molecule is CCc1ccc2c(c1)N1c3ncccc3Sc3cccc(c31)O2. The molecule has 112 valence electrons. The summed E-state index contributed by atoms with van der Waals surface area (Å²) in [6, 6.07) is 16.7. The van der Waals surface area contributed by atoms with Crippen molar-refractivity contribution in [2.75, 3.05) is 4.90 Å². The Hall–Kier alpha value is -2.46. The first-order chi connectivity index (χ1) is 11.3. The van der Waals surface area contributed by atoms with Crippen LogP contribution >= 0.6 is 11.8 Å². The predicted octanol–water partition coefficient (Wildman–Crippen LogP) is 5.68. The van der Waals surface area contributed by atoms with Gasteiger partial charge in [0, 0.05) is 11.1 Å². The van der Waals surface area contributed by atoms with Crippen molar-refractivity contribution in [1.82, 2.24) is 4.98 Å². The zero-order valence-corrected chi connectivity index (χ0v) is 13.4. The average Bonchev–Trinajstić information content (AvgIpc) is 2.61. The first kappa shape index (κ1) is 13.0. The first-order valence-electron chi connectivity index (χ1n) is 7.72. The van der Waals surface area contributed by atoms with Gasteiger partial charge in [-0.05, 0) is 48.4 Å². The zero-order valence-electron chi connectivity index (χ0n) is 12.6. The third-order valence-electron chi connectivity index (χ3n) is 4.26. The molecule has 2 aromatic carbocycles. The van der Waals surface area contributed by atoms with Gasteiger partial charge < -0.3 is 4.74 Å². The summed E-state index contributed by atoms with van der Waals surface area (Å²) in [4.78, 5) is 9.27. The van der Waals surface area contributed by atoms with Crippen LogP contribution in [0.15, 0.2) is 64.5 Å². The fourth-order valence-corrected chi connectivity index (χ4v) is 4.19. The summed E-state index contributed by atoms with van der Waals surface area (Å²) < 4.78 is 6.16. The van der Waals surface area contributed by atoms with Crippen molar-refractivity contribution >= 4 is 29.0 Å². The number of hydrogen-bond donors (Lipinski definition) is 0. The van der Waals surface area contributed by atoms with Crippen molar-refractivity contribution in [1.29, 1.82) is 0 Å². The Bertz CT molecular complexity index is 924. The molecule has 0 unspecified atom stereocenters. The maximum absolute atomic E-state index is 6.16. The van der Waals surface area contributed by atoms with Crippen LogP contribution in [0.25, 0.3) is 0 Å². The summed E-state index contributed by atoms with van der Waals surface area (Å²) >= 11 is 1.75. The van der Waals surface area contributed by atoms with Crippen molar-refractivity contribution in [3.63, 3.8) is 0 Å². The monoisotopic (exact) mass is 318 g/mol. The molecule has 0 aliphatic carbocycles. The molecule has 23 heavy (non-hydrogen) atoms. The molecule has 0 fully saturated rings. The van der Waals surface area contributed by atoms with E-state index in [-0.39, 0.29) is 0 Å². The van der Waals surface area contributed by atoms with E-state index in [0.717, 1.165) is 35.1 Å². The van der Waals surface area contributed by atoms with E-state index >= 15 is 0 Å². The zero-order chi connectivity index (χ0) is 15.4. The van der Waals surface area contributed by atoms with Crippen molar-refractivity contribution < 1.29 is 4.74 Å². The Morgan fingerprint density at radius 3 is 2.87 bits per heavy atom. The van der Waals surface area contributed by atoms with Gasteiger partial charge in [0.05, 0.1) is 10.6 Å². The number of aryl methyl sites for hydroxylation is 1. The standard InChI is InChI=1S/C19H14N2OS/c1-2-12-8-9-14-13(11-12)21-18-15(22-14)5-3-6-16(18)23-17-7-4-10-20-19(17)21/h3-11H,2H2,1H3. The van der Waals surface area contributed by atoms with Gasteiger partial charge in [0.25, 0.3) is 0 Å². The molecule has 0 atom stereocenters. The highest BCUT2D eigenvalue weighted by Crippen LogP contribution is 2.58. The molecule has 0 spiro atoms. The molecule has 0 saturated carbocycles. The summed E-state index contributed by atoms with van der Waals surface area (Å²) in [5.74, 6) is 2.76. The highest BCUT2D eigenvalue weighted by molar-refractivity contribution is 7.99. The number of rotatable bonds is 1. The molecule has 0 amide bonds. The molecule has 3 heterocycles. The number of para-hydroxylation sites is 1. The molecule has 3 aromatic rings. The lowest BCUT2D eigenvalue weighted by Gasteiger charge is -2.37. The van der Waals surface area contributed by atoms with Gasteiger partial charge in [0.1, 0.15) is 5.69 Å². The van der Waals surface area contributed by atoms with Gasteiger partial charge >= 0.3 is 0 Å². The quantitative estimate of drug-likeness (QED) is 0.397. The summed E-state index contributed by atoms with van der Waals surface area (Å²) in [5, 5.41) is 0. The second kappa shape index (κ2) is 4.77. The van der Waals surface area contributed by atoms with Crippen molar-refractivity contribution in [2.24, 2.45) is 0 Å². The normalized spacial score (nSPS) is 13.7. The highest BCUT2D eigenvalue weighted by atomic mass is 32.2. The van der Waals surface area contributed by atoms with Crippen LogP contribution < -0.4 is 9.64 Å². The number of pyridine rings is 1. The molecule has 0 bridgehead atoms. The van der Waals surface area contributed by atoms with Crippen LogP contribution in [-0.2, 0) is 6.42 Å². The lowest BCUT2D eigenvalue weighted by atomic mass is 10.1. The highest BCUT2D eigenvalue weighted by Gasteiger charge is 2.34. The van der Waals surface area contributed by atoms with E-state index in [4.69, 9.17) is 4.74 Å². The van der Waals surface area contributed by atoms with Gasteiger partial charge in [-0.1, -0.05) is 30.8 Å². The van der Waals surface area contributed by atoms with Gasteiger partial charge in [-0.25, -0.2) is 4.98 Å². The summed E-state index contributed by atoms with van der Waals surface area (Å²) in [6.45, 7) is 2.17. The van der Waals surface area contributed by atoms with Crippen LogP contribution in [-0.4, -0.2) is 4.98 Å². The van der Waals surface area contributed by atoms with Gasteiger partial charge in [0.15, 0.2) is 17.3 Å². The fourth-order valence-electron chi connectivity index (χ4n) is 3.14. The number of anilines is 3. The minimum absolute atomic E-state index is 0.885. The largest absolute Gasteiger partial charge is 0.453 e. The Morgan fingerprint density at radius 2 is 1.96 bits per heavy atom. The molecule has 2 aliphatic heterocycles. The smallest absolute Gasteiger partial charge is 0.152 e. The van der Waals surface area contributed by atoms with E-state index in [0.29, 0.717) is 0 Å². The molecule has 3 nitrogen and oxygen atoms in total. The van der Waals surface area contributed by atoms with Crippen LogP contribution in [0.1, 0.15) is 12.5 Å². The van der Waals surface area contributed by atoms with Crippen molar-refractivity contribution in [3.05, 3.63) is 60.3 Å².